The van der Waals surface area contributed by atoms with Crippen molar-refractivity contribution in [3.8, 4) is 0 Å². The molecule has 1 aliphatic rings. The van der Waals surface area contributed by atoms with Crippen molar-refractivity contribution in [2.24, 2.45) is 17.4 Å². The van der Waals surface area contributed by atoms with Crippen molar-refractivity contribution in [2.75, 3.05) is 0 Å². The summed E-state index contributed by atoms with van der Waals surface area (Å²) in [6.45, 7) is 4.08. The Kier molecular flexibility index (Phi) is 1.70. The highest BCUT2D eigenvalue weighted by Crippen LogP contribution is 2.22. The van der Waals surface area contributed by atoms with Crippen LogP contribution in [0.3, 0.4) is 0 Å². The minimum absolute atomic E-state index is 0.420. The summed E-state index contributed by atoms with van der Waals surface area (Å²) < 4.78 is 0. The molecule has 0 aromatic rings. The number of rotatable bonds is 0. The van der Waals surface area contributed by atoms with E-state index in [1.807, 2.05) is 13.0 Å². The number of hydrogen-bond donors (Lipinski definition) is 2. The van der Waals surface area contributed by atoms with Crippen molar-refractivity contribution >= 4 is 0 Å². The van der Waals surface area contributed by atoms with Crippen LogP contribution in [0.15, 0.2) is 23.0 Å². The van der Waals surface area contributed by atoms with Crippen molar-refractivity contribution in [3.05, 3.63) is 23.0 Å². The van der Waals surface area contributed by atoms with Gasteiger partial charge in [0.15, 0.2) is 0 Å². The maximum atomic E-state index is 5.71. The van der Waals surface area contributed by atoms with E-state index in [0.29, 0.717) is 5.92 Å². The first-order chi connectivity index (χ1) is 4.61. The van der Waals surface area contributed by atoms with Gasteiger partial charge in [0.2, 0.25) is 0 Å². The lowest BCUT2D eigenvalue weighted by molar-refractivity contribution is 0.642. The maximum Gasteiger partial charge on any atom is 0.0117 e. The summed E-state index contributed by atoms with van der Waals surface area (Å²) in [5.41, 5.74) is 14.5. The summed E-state index contributed by atoms with van der Waals surface area (Å²) in [7, 11) is 0. The van der Waals surface area contributed by atoms with E-state index in [4.69, 9.17) is 11.5 Å². The number of hydrogen-bond acceptors (Lipinski definition) is 2. The Bertz CT molecular complexity index is 201. The van der Waals surface area contributed by atoms with E-state index < -0.39 is 0 Å². The average Bonchev–Trinajstić information content (AvgIpc) is 1.84. The minimum atomic E-state index is 0.420. The second kappa shape index (κ2) is 2.37. The molecule has 0 amide bonds. The molecule has 4 N–H and O–H groups in total. The lowest BCUT2D eigenvalue weighted by Gasteiger charge is -2.18. The molecule has 0 heterocycles. The Morgan fingerprint density at radius 1 is 1.50 bits per heavy atom. The first kappa shape index (κ1) is 7.19. The monoisotopic (exact) mass is 138 g/mol. The number of allylic oxidation sites excluding steroid dienone is 4. The third-order valence-electron chi connectivity index (χ3n) is 1.98. The molecule has 0 aromatic heterocycles. The molecule has 1 rings (SSSR count). The largest absolute Gasteiger partial charge is 0.402 e. The molecule has 0 aromatic carbocycles. The summed E-state index contributed by atoms with van der Waals surface area (Å²) >= 11 is 0. The Morgan fingerprint density at radius 3 is 2.60 bits per heavy atom. The molecule has 0 fully saturated rings. The van der Waals surface area contributed by atoms with Crippen LogP contribution in [0.4, 0.5) is 0 Å². The standard InChI is InChI=1S/C8H14N2/c1-5-3-8(10)6(2)4-7(5)9/h3,6H,4,9-10H2,1-2H3. The van der Waals surface area contributed by atoms with Gasteiger partial charge in [0.25, 0.3) is 0 Å². The van der Waals surface area contributed by atoms with Crippen LogP contribution in [-0.4, -0.2) is 0 Å². The SMILES string of the molecule is CC1=C(N)CC(C)C(N)=C1. The van der Waals surface area contributed by atoms with Crippen LogP contribution in [0.2, 0.25) is 0 Å². The molecule has 2 nitrogen and oxygen atoms in total. The Balaban J connectivity index is 2.88. The van der Waals surface area contributed by atoms with E-state index in [9.17, 15) is 0 Å². The molecule has 0 spiro atoms. The zero-order valence-corrected chi connectivity index (χ0v) is 6.52. The van der Waals surface area contributed by atoms with E-state index in [-0.39, 0.29) is 0 Å². The molecule has 1 unspecified atom stereocenters. The van der Waals surface area contributed by atoms with Crippen molar-refractivity contribution in [1.82, 2.24) is 0 Å². The van der Waals surface area contributed by atoms with Crippen molar-refractivity contribution < 1.29 is 0 Å². The maximum absolute atomic E-state index is 5.71. The summed E-state index contributed by atoms with van der Waals surface area (Å²) in [5, 5.41) is 0. The fourth-order valence-corrected chi connectivity index (χ4v) is 1.09. The fraction of sp³-hybridized carbons (Fsp3) is 0.500. The predicted octanol–water partition coefficient (Wildman–Crippen LogP) is 1.10. The molecular weight excluding hydrogens is 124 g/mol. The third kappa shape index (κ3) is 1.15. The fourth-order valence-electron chi connectivity index (χ4n) is 1.09. The second-order valence-electron chi connectivity index (χ2n) is 2.96. The van der Waals surface area contributed by atoms with Gasteiger partial charge in [0.1, 0.15) is 0 Å². The highest BCUT2D eigenvalue weighted by Gasteiger charge is 2.12. The Hall–Kier alpha value is -0.920. The summed E-state index contributed by atoms with van der Waals surface area (Å²) in [6, 6.07) is 0. The Labute approximate surface area is 61.6 Å². The van der Waals surface area contributed by atoms with Gasteiger partial charge in [-0.25, -0.2) is 0 Å². The van der Waals surface area contributed by atoms with Gasteiger partial charge in [-0.05, 0) is 25.0 Å². The van der Waals surface area contributed by atoms with Gasteiger partial charge < -0.3 is 11.5 Å². The topological polar surface area (TPSA) is 52.0 Å². The molecule has 0 aliphatic heterocycles. The first-order valence-electron chi connectivity index (χ1n) is 3.53. The van der Waals surface area contributed by atoms with Crippen molar-refractivity contribution in [2.45, 2.75) is 20.3 Å². The first-order valence-corrected chi connectivity index (χ1v) is 3.53. The quantitative estimate of drug-likeness (QED) is 0.526. The summed E-state index contributed by atoms with van der Waals surface area (Å²) in [5.74, 6) is 0.420. The van der Waals surface area contributed by atoms with Gasteiger partial charge in [-0.3, -0.25) is 0 Å². The van der Waals surface area contributed by atoms with Crippen LogP contribution in [-0.2, 0) is 0 Å². The highest BCUT2D eigenvalue weighted by molar-refractivity contribution is 5.30. The molecule has 0 saturated carbocycles. The molecule has 1 aliphatic carbocycles. The van der Waals surface area contributed by atoms with E-state index in [2.05, 4.69) is 6.92 Å². The minimum Gasteiger partial charge on any atom is -0.402 e. The molecular formula is C8H14N2. The van der Waals surface area contributed by atoms with Gasteiger partial charge in [-0.2, -0.15) is 0 Å². The van der Waals surface area contributed by atoms with Crippen molar-refractivity contribution in [1.29, 1.82) is 0 Å². The molecule has 0 bridgehead atoms. The van der Waals surface area contributed by atoms with Gasteiger partial charge in [0, 0.05) is 17.3 Å². The van der Waals surface area contributed by atoms with Gasteiger partial charge >= 0.3 is 0 Å². The van der Waals surface area contributed by atoms with E-state index in [0.717, 1.165) is 23.4 Å². The van der Waals surface area contributed by atoms with Gasteiger partial charge in [0.05, 0.1) is 0 Å². The van der Waals surface area contributed by atoms with E-state index in [1.54, 1.807) is 0 Å². The van der Waals surface area contributed by atoms with Crippen LogP contribution in [0.5, 0.6) is 0 Å². The molecule has 2 heteroatoms. The normalized spacial score (nSPS) is 26.6. The predicted molar refractivity (Wildman–Crippen MR) is 42.9 cm³/mol. The zero-order valence-electron chi connectivity index (χ0n) is 6.52. The average molecular weight is 138 g/mol. The van der Waals surface area contributed by atoms with Crippen LogP contribution in [0.25, 0.3) is 0 Å². The van der Waals surface area contributed by atoms with E-state index in [1.165, 1.54) is 0 Å². The zero-order chi connectivity index (χ0) is 7.72. The second-order valence-corrected chi connectivity index (χ2v) is 2.96. The summed E-state index contributed by atoms with van der Waals surface area (Å²) in [4.78, 5) is 0. The van der Waals surface area contributed by atoms with E-state index >= 15 is 0 Å². The molecule has 10 heavy (non-hydrogen) atoms. The molecule has 0 radical (unpaired) electrons. The highest BCUT2D eigenvalue weighted by atomic mass is 14.6. The van der Waals surface area contributed by atoms with Crippen LogP contribution in [0.1, 0.15) is 20.3 Å². The van der Waals surface area contributed by atoms with Crippen molar-refractivity contribution in [3.63, 3.8) is 0 Å². The lowest BCUT2D eigenvalue weighted by Crippen LogP contribution is -2.17. The van der Waals surface area contributed by atoms with Crippen LogP contribution in [0, 0.1) is 5.92 Å². The lowest BCUT2D eigenvalue weighted by atomic mass is 9.93. The molecule has 56 valence electrons. The van der Waals surface area contributed by atoms with Crippen LogP contribution >= 0.6 is 0 Å². The van der Waals surface area contributed by atoms with Crippen LogP contribution < -0.4 is 11.5 Å². The third-order valence-corrected chi connectivity index (χ3v) is 1.98. The summed E-state index contributed by atoms with van der Waals surface area (Å²) in [6.07, 6.45) is 2.87. The van der Waals surface area contributed by atoms with Gasteiger partial charge in [-0.1, -0.05) is 6.92 Å². The smallest absolute Gasteiger partial charge is 0.0117 e. The molecule has 1 atom stereocenters. The Morgan fingerprint density at radius 2 is 2.10 bits per heavy atom. The number of nitrogens with two attached hydrogens (primary N) is 2. The van der Waals surface area contributed by atoms with Gasteiger partial charge in [-0.15, -0.1) is 0 Å². The molecule has 0 saturated heterocycles.